The van der Waals surface area contributed by atoms with Crippen molar-refractivity contribution < 1.29 is 4.74 Å². The number of piperidine rings is 1. The van der Waals surface area contributed by atoms with Gasteiger partial charge in [0.15, 0.2) is 0 Å². The number of nitrogens with zero attached hydrogens (tertiary/aromatic N) is 4. The van der Waals surface area contributed by atoms with Crippen LogP contribution in [0.25, 0.3) is 16.7 Å². The van der Waals surface area contributed by atoms with Crippen LogP contribution in [0.4, 0.5) is 5.95 Å². The topological polar surface area (TPSA) is 55.2 Å². The molecule has 0 radical (unpaired) electrons. The summed E-state index contributed by atoms with van der Waals surface area (Å²) in [6, 6.07) is 6.12. The minimum atomic E-state index is 0.596. The number of fused-ring (bicyclic) bond motifs is 1. The highest BCUT2D eigenvalue weighted by atomic mass is 35.5. The summed E-state index contributed by atoms with van der Waals surface area (Å²) in [7, 11) is 2.09. The van der Waals surface area contributed by atoms with Gasteiger partial charge in [0.25, 0.3) is 0 Å². The van der Waals surface area contributed by atoms with Crippen LogP contribution in [0.15, 0.2) is 43.4 Å². The Morgan fingerprint density at radius 1 is 1.25 bits per heavy atom. The number of aromatic nitrogens is 3. The molecule has 4 rings (SSSR count). The summed E-state index contributed by atoms with van der Waals surface area (Å²) in [6.45, 7) is 10.4. The van der Waals surface area contributed by atoms with Crippen molar-refractivity contribution in [3.63, 3.8) is 0 Å². The Morgan fingerprint density at radius 2 is 2.00 bits per heavy atom. The molecule has 0 aliphatic carbocycles. The van der Waals surface area contributed by atoms with Crippen LogP contribution in [0.2, 0.25) is 5.02 Å². The molecule has 0 saturated carbocycles. The Bertz CT molecular complexity index is 1050. The van der Waals surface area contributed by atoms with Crippen molar-refractivity contribution in [3.8, 4) is 0 Å². The highest BCUT2D eigenvalue weighted by Crippen LogP contribution is 2.25. The molecule has 1 aliphatic heterocycles. The summed E-state index contributed by atoms with van der Waals surface area (Å²) < 4.78 is 7.61. The van der Waals surface area contributed by atoms with Gasteiger partial charge in [0.1, 0.15) is 5.76 Å². The zero-order chi connectivity index (χ0) is 22.5. The number of rotatable bonds is 9. The summed E-state index contributed by atoms with van der Waals surface area (Å²) in [5.41, 5.74) is 3.41. The monoisotopic (exact) mass is 453 g/mol. The minimum Gasteiger partial charge on any atom is -0.494 e. The molecule has 3 aromatic rings. The van der Waals surface area contributed by atoms with Crippen molar-refractivity contribution >= 4 is 34.2 Å². The van der Waals surface area contributed by atoms with Gasteiger partial charge in [0.2, 0.25) is 5.95 Å². The third-order valence-electron chi connectivity index (χ3n) is 6.21. The van der Waals surface area contributed by atoms with E-state index in [-0.39, 0.29) is 0 Å². The molecule has 1 aliphatic rings. The Kier molecular flexibility index (Phi) is 7.33. The van der Waals surface area contributed by atoms with Crippen LogP contribution >= 0.6 is 11.6 Å². The van der Waals surface area contributed by atoms with Crippen molar-refractivity contribution in [2.24, 2.45) is 13.0 Å². The lowest BCUT2D eigenvalue weighted by molar-refractivity contribution is 0.299. The van der Waals surface area contributed by atoms with E-state index in [1.54, 1.807) is 12.4 Å². The molecular weight excluding hydrogens is 422 g/mol. The number of aryl methyl sites for hydroxylation is 1. The van der Waals surface area contributed by atoms with E-state index in [2.05, 4.69) is 56.7 Å². The average Bonchev–Trinajstić information content (AvgIpc) is 3.12. The number of hydrogen-bond donors (Lipinski definition) is 1. The fourth-order valence-corrected chi connectivity index (χ4v) is 4.57. The summed E-state index contributed by atoms with van der Waals surface area (Å²) >= 11 is 6.21. The quantitative estimate of drug-likeness (QED) is 0.376. The number of nitrogens with one attached hydrogen (secondary N) is 1. The van der Waals surface area contributed by atoms with E-state index in [4.69, 9.17) is 16.3 Å². The van der Waals surface area contributed by atoms with Crippen LogP contribution in [0, 0.1) is 5.92 Å². The fourth-order valence-electron chi connectivity index (χ4n) is 4.40. The molecule has 2 aromatic heterocycles. The smallest absolute Gasteiger partial charge is 0.225 e. The normalized spacial score (nSPS) is 14.8. The van der Waals surface area contributed by atoms with Gasteiger partial charge in [-0.1, -0.05) is 18.2 Å². The molecule has 6 nitrogen and oxygen atoms in total. The molecular formula is C25H32ClN5O. The second-order valence-corrected chi connectivity index (χ2v) is 8.88. The molecule has 32 heavy (non-hydrogen) atoms. The van der Waals surface area contributed by atoms with Crippen LogP contribution < -0.4 is 10.2 Å². The molecule has 1 aromatic carbocycles. The number of benzene rings is 1. The minimum absolute atomic E-state index is 0.596. The van der Waals surface area contributed by atoms with Gasteiger partial charge in [0.05, 0.1) is 12.2 Å². The lowest BCUT2D eigenvalue weighted by Crippen LogP contribution is -2.38. The maximum atomic E-state index is 6.21. The lowest BCUT2D eigenvalue weighted by Gasteiger charge is -2.32. The summed E-state index contributed by atoms with van der Waals surface area (Å²) in [5.74, 6) is 2.10. The Labute approximate surface area is 195 Å². The van der Waals surface area contributed by atoms with Gasteiger partial charge in [-0.05, 0) is 69.0 Å². The Balaban J connectivity index is 1.21. The number of anilines is 1. The number of hydrogen-bond acceptors (Lipinski definition) is 5. The maximum Gasteiger partial charge on any atom is 0.225 e. The molecule has 1 N–H and O–H groups in total. The first-order chi connectivity index (χ1) is 15.5. The average molecular weight is 454 g/mol. The predicted octanol–water partition coefficient (Wildman–Crippen LogP) is 4.68. The zero-order valence-electron chi connectivity index (χ0n) is 19.0. The van der Waals surface area contributed by atoms with E-state index in [1.165, 1.54) is 16.5 Å². The summed E-state index contributed by atoms with van der Waals surface area (Å²) in [4.78, 5) is 11.3. The van der Waals surface area contributed by atoms with Crippen LogP contribution in [-0.2, 0) is 18.2 Å². The van der Waals surface area contributed by atoms with Gasteiger partial charge in [0, 0.05) is 54.7 Å². The molecule has 7 heteroatoms. The van der Waals surface area contributed by atoms with Crippen molar-refractivity contribution in [2.75, 3.05) is 37.7 Å². The van der Waals surface area contributed by atoms with Crippen LogP contribution in [0.1, 0.15) is 30.9 Å². The molecule has 0 spiro atoms. The van der Waals surface area contributed by atoms with Gasteiger partial charge in [-0.3, -0.25) is 0 Å². The third-order valence-corrected chi connectivity index (χ3v) is 6.45. The zero-order valence-corrected chi connectivity index (χ0v) is 19.7. The molecule has 1 fully saturated rings. The van der Waals surface area contributed by atoms with Crippen LogP contribution in [-0.4, -0.2) is 47.3 Å². The van der Waals surface area contributed by atoms with E-state index in [9.17, 15) is 0 Å². The first-order valence-corrected chi connectivity index (χ1v) is 11.8. The molecule has 0 atom stereocenters. The van der Waals surface area contributed by atoms with E-state index < -0.39 is 0 Å². The van der Waals surface area contributed by atoms with Crippen molar-refractivity contribution in [1.82, 2.24) is 19.9 Å². The van der Waals surface area contributed by atoms with Gasteiger partial charge < -0.3 is 19.5 Å². The Morgan fingerprint density at radius 3 is 2.72 bits per heavy atom. The molecule has 0 unspecified atom stereocenters. The molecule has 3 heterocycles. The van der Waals surface area contributed by atoms with Crippen LogP contribution in [0.5, 0.6) is 0 Å². The molecule has 170 valence electrons. The van der Waals surface area contributed by atoms with Crippen molar-refractivity contribution in [1.29, 1.82) is 0 Å². The standard InChI is InChI=1S/C25H32ClN5O/c1-4-32-18(2)21-15-28-25(29-16-21)31-11-8-19(9-12-31)14-27-10-7-20-17-30(3)24-6-5-22(26)13-23(20)24/h5-6,13,15-17,19,27H,2,4,7-12,14H2,1,3H3. The van der Waals surface area contributed by atoms with E-state index in [1.807, 2.05) is 13.0 Å². The van der Waals surface area contributed by atoms with Crippen LogP contribution in [0.3, 0.4) is 0 Å². The lowest BCUT2D eigenvalue weighted by atomic mass is 9.97. The van der Waals surface area contributed by atoms with Gasteiger partial charge >= 0.3 is 0 Å². The first kappa shape index (κ1) is 22.6. The van der Waals surface area contributed by atoms with E-state index >= 15 is 0 Å². The first-order valence-electron chi connectivity index (χ1n) is 11.4. The van der Waals surface area contributed by atoms with Gasteiger partial charge in [-0.25, -0.2) is 9.97 Å². The van der Waals surface area contributed by atoms with E-state index in [0.29, 0.717) is 18.3 Å². The molecule has 1 saturated heterocycles. The Hall–Kier alpha value is -2.57. The predicted molar refractivity (Wildman–Crippen MR) is 132 cm³/mol. The number of ether oxygens (including phenoxy) is 1. The van der Waals surface area contributed by atoms with Crippen molar-refractivity contribution in [2.45, 2.75) is 26.2 Å². The maximum absolute atomic E-state index is 6.21. The largest absolute Gasteiger partial charge is 0.494 e. The third kappa shape index (κ3) is 5.25. The summed E-state index contributed by atoms with van der Waals surface area (Å²) in [5, 5.41) is 5.71. The fraction of sp³-hybridized carbons (Fsp3) is 0.440. The summed E-state index contributed by atoms with van der Waals surface area (Å²) in [6.07, 6.45) is 9.12. The second-order valence-electron chi connectivity index (χ2n) is 8.44. The second kappa shape index (κ2) is 10.4. The highest BCUT2D eigenvalue weighted by molar-refractivity contribution is 6.31. The van der Waals surface area contributed by atoms with E-state index in [0.717, 1.165) is 62.0 Å². The van der Waals surface area contributed by atoms with Crippen molar-refractivity contribution in [3.05, 3.63) is 59.5 Å². The highest BCUT2D eigenvalue weighted by Gasteiger charge is 2.21. The molecule has 0 amide bonds. The SMILES string of the molecule is C=C(OCC)c1cnc(N2CCC(CNCCc3cn(C)c4ccc(Cl)cc34)CC2)nc1. The van der Waals surface area contributed by atoms with Gasteiger partial charge in [-0.2, -0.15) is 0 Å². The van der Waals surface area contributed by atoms with Gasteiger partial charge in [-0.15, -0.1) is 0 Å². The number of halogens is 1. The molecule has 0 bridgehead atoms.